The Morgan fingerprint density at radius 1 is 1.24 bits per heavy atom. The molecule has 0 aliphatic carbocycles. The van der Waals surface area contributed by atoms with E-state index in [2.05, 4.69) is 62.5 Å². The highest BCUT2D eigenvalue weighted by Gasteiger charge is 2.30. The van der Waals surface area contributed by atoms with Crippen LogP contribution in [0.2, 0.25) is 0 Å². The summed E-state index contributed by atoms with van der Waals surface area (Å²) in [5.74, 6) is 4.42. The zero-order chi connectivity index (χ0) is 15.6. The highest BCUT2D eigenvalue weighted by Crippen LogP contribution is 2.42. The number of hydrogen-bond acceptors (Lipinski definition) is 5. The Kier molecular flexibility index (Phi) is 6.10. The van der Waals surface area contributed by atoms with Crippen molar-refractivity contribution in [3.8, 4) is 0 Å². The van der Waals surface area contributed by atoms with Gasteiger partial charge in [-0.15, -0.1) is 11.8 Å². The number of nitrogens with one attached hydrogen (secondary N) is 1. The molecule has 0 radical (unpaired) electrons. The maximum Gasteiger partial charge on any atom is 0.145 e. The average Bonchev–Trinajstić information content (AvgIpc) is 2.41. The maximum absolute atomic E-state index is 4.97. The van der Waals surface area contributed by atoms with Gasteiger partial charge in [0.2, 0.25) is 0 Å². The molecule has 0 aromatic carbocycles. The van der Waals surface area contributed by atoms with Gasteiger partial charge in [0.05, 0.1) is 14.5 Å². The molecule has 1 aliphatic rings. The molecule has 2 rings (SSSR count). The van der Waals surface area contributed by atoms with Gasteiger partial charge >= 0.3 is 0 Å². The minimum absolute atomic E-state index is 0.0358. The van der Waals surface area contributed by atoms with Crippen LogP contribution in [0.15, 0.2) is 0 Å². The van der Waals surface area contributed by atoms with Crippen LogP contribution >= 0.6 is 46.1 Å². The molecular formula is C15H24IN3S2. The van der Waals surface area contributed by atoms with Gasteiger partial charge in [0.15, 0.2) is 0 Å². The van der Waals surface area contributed by atoms with Crippen LogP contribution in [0.3, 0.4) is 0 Å². The molecule has 1 aromatic heterocycles. The number of rotatable bonds is 3. The molecule has 1 aromatic rings. The van der Waals surface area contributed by atoms with Crippen molar-refractivity contribution in [1.29, 1.82) is 0 Å². The number of halogens is 1. The first kappa shape index (κ1) is 17.7. The van der Waals surface area contributed by atoms with Gasteiger partial charge in [0, 0.05) is 28.7 Å². The molecule has 0 bridgehead atoms. The first-order chi connectivity index (χ1) is 9.84. The Labute approximate surface area is 150 Å². The van der Waals surface area contributed by atoms with Crippen LogP contribution in [-0.2, 0) is 5.41 Å². The van der Waals surface area contributed by atoms with Gasteiger partial charge in [0.1, 0.15) is 11.6 Å². The Morgan fingerprint density at radius 2 is 1.90 bits per heavy atom. The minimum Gasteiger partial charge on any atom is -0.369 e. The molecule has 3 nitrogen and oxygen atoms in total. The topological polar surface area (TPSA) is 37.8 Å². The molecule has 2 atom stereocenters. The first-order valence-electron chi connectivity index (χ1n) is 7.39. The number of hydrogen-bond donors (Lipinski definition) is 1. The van der Waals surface area contributed by atoms with E-state index in [4.69, 9.17) is 9.97 Å². The molecule has 6 heteroatoms. The summed E-state index contributed by atoms with van der Waals surface area (Å²) in [5.41, 5.74) is 1.20. The largest absolute Gasteiger partial charge is 0.369 e. The van der Waals surface area contributed by atoms with Crippen LogP contribution in [0.5, 0.6) is 0 Å². The predicted octanol–water partition coefficient (Wildman–Crippen LogP) is 4.72. The highest BCUT2D eigenvalue weighted by atomic mass is 127. The molecule has 1 saturated heterocycles. The van der Waals surface area contributed by atoms with Gasteiger partial charge in [-0.2, -0.15) is 11.8 Å². The Hall–Kier alpha value is 0.310. The number of anilines is 1. The molecule has 1 aliphatic heterocycles. The highest BCUT2D eigenvalue weighted by molar-refractivity contribution is 14.1. The summed E-state index contributed by atoms with van der Waals surface area (Å²) in [4.78, 5) is 9.81. The van der Waals surface area contributed by atoms with E-state index >= 15 is 0 Å². The van der Waals surface area contributed by atoms with E-state index in [0.717, 1.165) is 27.5 Å². The molecule has 21 heavy (non-hydrogen) atoms. The summed E-state index contributed by atoms with van der Waals surface area (Å²) in [6, 6.07) is 0. The number of thioether (sulfide) groups is 2. The van der Waals surface area contributed by atoms with Gasteiger partial charge < -0.3 is 5.32 Å². The number of aromatic nitrogens is 2. The van der Waals surface area contributed by atoms with Crippen LogP contribution in [0, 0.1) is 3.57 Å². The Balaban J connectivity index is 2.48. The van der Waals surface area contributed by atoms with E-state index in [-0.39, 0.29) is 5.41 Å². The molecule has 0 saturated carbocycles. The summed E-state index contributed by atoms with van der Waals surface area (Å²) < 4.78 is 1.16. The van der Waals surface area contributed by atoms with Crippen molar-refractivity contribution in [2.24, 2.45) is 0 Å². The lowest BCUT2D eigenvalue weighted by atomic mass is 9.92. The van der Waals surface area contributed by atoms with Gasteiger partial charge in [-0.1, -0.05) is 27.7 Å². The third-order valence-corrected chi connectivity index (χ3v) is 7.47. The van der Waals surface area contributed by atoms with Gasteiger partial charge in [-0.05, 0) is 29.5 Å². The van der Waals surface area contributed by atoms with Crippen LogP contribution in [0.25, 0.3) is 0 Å². The van der Waals surface area contributed by atoms with Crippen molar-refractivity contribution in [3.63, 3.8) is 0 Å². The molecule has 2 heterocycles. The van der Waals surface area contributed by atoms with E-state index in [1.54, 1.807) is 0 Å². The summed E-state index contributed by atoms with van der Waals surface area (Å²) in [6.07, 6.45) is 0. The van der Waals surface area contributed by atoms with Crippen molar-refractivity contribution >= 4 is 51.9 Å². The lowest BCUT2D eigenvalue weighted by Crippen LogP contribution is -2.24. The Morgan fingerprint density at radius 3 is 2.48 bits per heavy atom. The zero-order valence-corrected chi connectivity index (χ0v) is 17.2. The molecule has 0 spiro atoms. The van der Waals surface area contributed by atoms with Crippen LogP contribution < -0.4 is 5.32 Å². The molecule has 0 amide bonds. The zero-order valence-electron chi connectivity index (χ0n) is 13.4. The minimum atomic E-state index is 0.0358. The third-order valence-electron chi connectivity index (χ3n) is 3.37. The SMILES string of the molecule is CCNc1nc(C2SCCSC2C)nc(C(C)(C)C)c1I. The predicted molar refractivity (Wildman–Crippen MR) is 105 cm³/mol. The van der Waals surface area contributed by atoms with Crippen molar-refractivity contribution in [3.05, 3.63) is 15.1 Å². The van der Waals surface area contributed by atoms with E-state index in [1.807, 2.05) is 23.5 Å². The van der Waals surface area contributed by atoms with Crippen molar-refractivity contribution < 1.29 is 0 Å². The Bertz CT molecular complexity index is 502. The average molecular weight is 437 g/mol. The fraction of sp³-hybridized carbons (Fsp3) is 0.733. The molecular weight excluding hydrogens is 413 g/mol. The lowest BCUT2D eigenvalue weighted by molar-refractivity contribution is 0.557. The van der Waals surface area contributed by atoms with Gasteiger partial charge in [-0.25, -0.2) is 9.97 Å². The van der Waals surface area contributed by atoms with E-state index in [1.165, 1.54) is 11.5 Å². The fourth-order valence-electron chi connectivity index (χ4n) is 2.29. The van der Waals surface area contributed by atoms with Crippen LogP contribution in [0.1, 0.15) is 51.4 Å². The van der Waals surface area contributed by atoms with E-state index < -0.39 is 0 Å². The lowest BCUT2D eigenvalue weighted by Gasteiger charge is -2.29. The molecule has 2 unspecified atom stereocenters. The standard InChI is InChI=1S/C15H24IN3S2/c1-6-17-13-10(16)12(15(3,4)5)18-14(19-13)11-9(2)20-7-8-21-11/h9,11H,6-8H2,1-5H3,(H,17,18,19). The van der Waals surface area contributed by atoms with Crippen molar-refractivity contribution in [2.75, 3.05) is 23.4 Å². The number of nitrogens with zero attached hydrogens (tertiary/aromatic N) is 2. The van der Waals surface area contributed by atoms with Gasteiger partial charge in [0.25, 0.3) is 0 Å². The van der Waals surface area contributed by atoms with Gasteiger partial charge in [-0.3, -0.25) is 0 Å². The van der Waals surface area contributed by atoms with Crippen LogP contribution in [-0.4, -0.2) is 33.3 Å². The molecule has 118 valence electrons. The second kappa shape index (κ2) is 7.25. The second-order valence-corrected chi connectivity index (χ2v) is 10.1. The summed E-state index contributed by atoms with van der Waals surface area (Å²) in [7, 11) is 0. The smallest absolute Gasteiger partial charge is 0.145 e. The quantitative estimate of drug-likeness (QED) is 0.693. The third kappa shape index (κ3) is 4.19. The first-order valence-corrected chi connectivity index (χ1v) is 10.6. The van der Waals surface area contributed by atoms with Crippen molar-refractivity contribution in [2.45, 2.75) is 50.5 Å². The monoisotopic (exact) mass is 437 g/mol. The second-order valence-electron chi connectivity index (χ2n) is 6.24. The maximum atomic E-state index is 4.97. The van der Waals surface area contributed by atoms with E-state index in [0.29, 0.717) is 10.5 Å². The molecule has 1 fully saturated rings. The summed E-state index contributed by atoms with van der Waals surface area (Å²) >= 11 is 6.42. The summed E-state index contributed by atoms with van der Waals surface area (Å²) in [5, 5.41) is 4.39. The normalized spacial score (nSPS) is 23.1. The van der Waals surface area contributed by atoms with E-state index in [9.17, 15) is 0 Å². The molecule has 1 N–H and O–H groups in total. The fourth-order valence-corrected chi connectivity index (χ4v) is 6.22. The van der Waals surface area contributed by atoms with Crippen LogP contribution in [0.4, 0.5) is 5.82 Å². The summed E-state index contributed by atoms with van der Waals surface area (Å²) in [6.45, 7) is 12.0. The van der Waals surface area contributed by atoms with Crippen molar-refractivity contribution in [1.82, 2.24) is 9.97 Å².